The summed E-state index contributed by atoms with van der Waals surface area (Å²) in [7, 11) is 2.22. The lowest BCUT2D eigenvalue weighted by molar-refractivity contribution is -0.00674. The fourth-order valence-electron chi connectivity index (χ4n) is 4.11. The Morgan fingerprint density at radius 1 is 1.28 bits per heavy atom. The average Bonchev–Trinajstić information content (AvgIpc) is 2.61. The molecule has 2 heterocycles. The third-order valence-electron chi connectivity index (χ3n) is 5.12. The molecular weight excluding hydrogens is 246 g/mol. The van der Waals surface area contributed by atoms with Crippen molar-refractivity contribution in [1.82, 2.24) is 4.90 Å². The molecule has 0 spiro atoms. The summed E-state index contributed by atoms with van der Waals surface area (Å²) in [4.78, 5) is 2.50. The fraction of sp³-hybridized carbons (Fsp3) is 0.600. The molecule has 1 aromatic carbocycles. The first-order valence-corrected chi connectivity index (χ1v) is 7.16. The normalized spacial score (nSPS) is 35.9. The lowest BCUT2D eigenvalue weighted by Gasteiger charge is -2.48. The topological polar surface area (TPSA) is 23.5 Å². The van der Waals surface area contributed by atoms with Crippen LogP contribution in [-0.4, -0.2) is 29.7 Å². The van der Waals surface area contributed by atoms with Gasteiger partial charge in [-0.1, -0.05) is 23.7 Å². The number of fused-ring (bicyclic) bond motifs is 2. The Hall–Kier alpha value is -0.570. The molecule has 0 amide bonds. The fourth-order valence-corrected chi connectivity index (χ4v) is 4.24. The predicted molar refractivity (Wildman–Crippen MR) is 73.7 cm³/mol. The smallest absolute Gasteiger partial charge is 0.0511 e. The van der Waals surface area contributed by atoms with Crippen LogP contribution in [0.25, 0.3) is 0 Å². The third-order valence-corrected chi connectivity index (χ3v) is 5.38. The molecule has 0 aliphatic carbocycles. The van der Waals surface area contributed by atoms with Gasteiger partial charge in [-0.2, -0.15) is 0 Å². The highest BCUT2D eigenvalue weighted by molar-refractivity contribution is 6.30. The molecule has 1 N–H and O–H groups in total. The molecule has 0 unspecified atom stereocenters. The second-order valence-electron chi connectivity index (χ2n) is 5.69. The number of aliphatic hydroxyl groups excluding tert-OH is 1. The van der Waals surface area contributed by atoms with E-state index in [0.29, 0.717) is 12.0 Å². The van der Waals surface area contributed by atoms with E-state index in [1.165, 1.54) is 18.4 Å². The molecule has 2 saturated heterocycles. The molecule has 3 heteroatoms. The molecule has 18 heavy (non-hydrogen) atoms. The molecule has 98 valence electrons. The number of halogens is 1. The van der Waals surface area contributed by atoms with E-state index in [-0.39, 0.29) is 12.1 Å². The molecule has 2 aliphatic heterocycles. The maximum atomic E-state index is 9.76. The summed E-state index contributed by atoms with van der Waals surface area (Å²) in [5.41, 5.74) is 1.35. The molecule has 0 saturated carbocycles. The summed E-state index contributed by atoms with van der Waals surface area (Å²) >= 11 is 5.99. The quantitative estimate of drug-likeness (QED) is 0.889. The van der Waals surface area contributed by atoms with E-state index in [2.05, 4.69) is 24.1 Å². The van der Waals surface area contributed by atoms with E-state index in [4.69, 9.17) is 11.6 Å². The number of aliphatic hydroxyl groups is 1. The Bertz CT molecular complexity index is 433. The molecular formula is C15H20ClNO. The van der Waals surface area contributed by atoms with Gasteiger partial charge in [0.1, 0.15) is 0 Å². The maximum Gasteiger partial charge on any atom is 0.0511 e. The van der Waals surface area contributed by atoms with Crippen molar-refractivity contribution in [1.29, 1.82) is 0 Å². The molecule has 0 radical (unpaired) electrons. The monoisotopic (exact) mass is 265 g/mol. The van der Waals surface area contributed by atoms with Gasteiger partial charge in [0.25, 0.3) is 0 Å². The highest BCUT2D eigenvalue weighted by Crippen LogP contribution is 2.52. The van der Waals surface area contributed by atoms with Crippen LogP contribution in [0.3, 0.4) is 0 Å². The summed E-state index contributed by atoms with van der Waals surface area (Å²) in [6, 6.07) is 8.89. The molecule has 1 aromatic rings. The van der Waals surface area contributed by atoms with Crippen LogP contribution in [0.2, 0.25) is 5.02 Å². The van der Waals surface area contributed by atoms with Gasteiger partial charge in [0.05, 0.1) is 5.54 Å². The van der Waals surface area contributed by atoms with Crippen molar-refractivity contribution in [3.8, 4) is 0 Å². The third kappa shape index (κ3) is 1.63. The van der Waals surface area contributed by atoms with Crippen LogP contribution in [0.1, 0.15) is 31.2 Å². The highest BCUT2D eigenvalue weighted by Gasteiger charge is 2.53. The summed E-state index contributed by atoms with van der Waals surface area (Å²) in [6.07, 6.45) is 4.75. The second-order valence-corrected chi connectivity index (χ2v) is 6.13. The molecule has 3 rings (SSSR count). The van der Waals surface area contributed by atoms with Gasteiger partial charge in [0.15, 0.2) is 0 Å². The number of hydrogen-bond acceptors (Lipinski definition) is 2. The molecule has 2 bridgehead atoms. The lowest BCUT2D eigenvalue weighted by Crippen LogP contribution is -2.52. The number of piperidine rings is 1. The Morgan fingerprint density at radius 3 is 2.67 bits per heavy atom. The number of benzene rings is 1. The maximum absolute atomic E-state index is 9.76. The van der Waals surface area contributed by atoms with Crippen molar-refractivity contribution in [3.05, 3.63) is 34.9 Å². The van der Waals surface area contributed by atoms with Gasteiger partial charge in [-0.25, -0.2) is 0 Å². The first kappa shape index (κ1) is 12.5. The Morgan fingerprint density at radius 2 is 2.00 bits per heavy atom. The van der Waals surface area contributed by atoms with Crippen LogP contribution in [0, 0.1) is 5.92 Å². The number of nitrogens with zero attached hydrogens (tertiary/aromatic N) is 1. The minimum atomic E-state index is 0.0300. The van der Waals surface area contributed by atoms with Crippen LogP contribution < -0.4 is 0 Å². The van der Waals surface area contributed by atoms with Gasteiger partial charge in [-0.15, -0.1) is 0 Å². The van der Waals surface area contributed by atoms with E-state index in [9.17, 15) is 5.11 Å². The van der Waals surface area contributed by atoms with Crippen molar-refractivity contribution in [3.63, 3.8) is 0 Å². The summed E-state index contributed by atoms with van der Waals surface area (Å²) < 4.78 is 0. The van der Waals surface area contributed by atoms with Gasteiger partial charge in [0.2, 0.25) is 0 Å². The summed E-state index contributed by atoms with van der Waals surface area (Å²) in [5, 5.41) is 10.5. The zero-order valence-corrected chi connectivity index (χ0v) is 11.5. The van der Waals surface area contributed by atoms with Gasteiger partial charge >= 0.3 is 0 Å². The Balaban J connectivity index is 2.06. The van der Waals surface area contributed by atoms with E-state index in [0.717, 1.165) is 17.9 Å². The van der Waals surface area contributed by atoms with E-state index in [1.807, 2.05) is 12.1 Å². The zero-order valence-electron chi connectivity index (χ0n) is 10.8. The minimum absolute atomic E-state index is 0.0300. The van der Waals surface area contributed by atoms with Gasteiger partial charge in [-0.3, -0.25) is 4.90 Å². The van der Waals surface area contributed by atoms with Crippen LogP contribution in [0.5, 0.6) is 0 Å². The lowest BCUT2D eigenvalue weighted by atomic mass is 9.73. The van der Waals surface area contributed by atoms with Crippen LogP contribution in [0.4, 0.5) is 0 Å². The largest absolute Gasteiger partial charge is 0.396 e. The molecule has 3 atom stereocenters. The zero-order chi connectivity index (χ0) is 12.8. The van der Waals surface area contributed by atoms with Crippen molar-refractivity contribution in [2.45, 2.75) is 37.3 Å². The first-order chi connectivity index (χ1) is 8.68. The van der Waals surface area contributed by atoms with Gasteiger partial charge in [0, 0.05) is 23.6 Å². The number of hydrogen-bond donors (Lipinski definition) is 1. The predicted octanol–water partition coefficient (Wildman–Crippen LogP) is 3.03. The second kappa shape index (κ2) is 4.52. The molecule has 2 aliphatic rings. The van der Waals surface area contributed by atoms with E-state index >= 15 is 0 Å². The van der Waals surface area contributed by atoms with Gasteiger partial charge in [-0.05, 0) is 50.4 Å². The Kier molecular flexibility index (Phi) is 3.13. The Labute approximate surface area is 114 Å². The van der Waals surface area contributed by atoms with Crippen LogP contribution >= 0.6 is 11.6 Å². The first-order valence-electron chi connectivity index (χ1n) is 6.78. The van der Waals surface area contributed by atoms with Crippen molar-refractivity contribution < 1.29 is 5.11 Å². The minimum Gasteiger partial charge on any atom is -0.396 e. The molecule has 0 aromatic heterocycles. The number of rotatable bonds is 2. The van der Waals surface area contributed by atoms with Crippen LogP contribution in [0.15, 0.2) is 24.3 Å². The standard InChI is InChI=1S/C15H20ClNO/c1-17-14-7-4-12(10-18)15(17,9-8-14)11-2-5-13(16)6-3-11/h2-3,5-6,12,14,18H,4,7-10H2,1H3/t12-,14-,15+/m1/s1. The van der Waals surface area contributed by atoms with Crippen molar-refractivity contribution >= 4 is 11.6 Å². The van der Waals surface area contributed by atoms with Crippen molar-refractivity contribution in [2.24, 2.45) is 5.92 Å². The molecule has 2 nitrogen and oxygen atoms in total. The van der Waals surface area contributed by atoms with E-state index < -0.39 is 0 Å². The average molecular weight is 266 g/mol. The van der Waals surface area contributed by atoms with E-state index in [1.54, 1.807) is 0 Å². The van der Waals surface area contributed by atoms with Gasteiger partial charge < -0.3 is 5.11 Å². The SMILES string of the molecule is CN1[C@@H]2CC[C@H](CO)[C@@]1(c1ccc(Cl)cc1)CC2. The summed E-state index contributed by atoms with van der Waals surface area (Å²) in [5.74, 6) is 0.349. The molecule has 2 fully saturated rings. The van der Waals surface area contributed by atoms with Crippen LogP contribution in [-0.2, 0) is 5.54 Å². The highest BCUT2D eigenvalue weighted by atomic mass is 35.5. The van der Waals surface area contributed by atoms with Crippen molar-refractivity contribution in [2.75, 3.05) is 13.7 Å². The summed E-state index contributed by atoms with van der Waals surface area (Å²) in [6.45, 7) is 0.277.